The number of ether oxygens (including phenoxy) is 1. The SMILES string of the molecule is C=Cc1ccc(C(=O)OCC2CCCC2)cc1. The number of rotatable bonds is 4. The summed E-state index contributed by atoms with van der Waals surface area (Å²) >= 11 is 0. The molecule has 0 N–H and O–H groups in total. The van der Waals surface area contributed by atoms with E-state index in [1.807, 2.05) is 12.1 Å². The Morgan fingerprint density at radius 3 is 2.53 bits per heavy atom. The van der Waals surface area contributed by atoms with Gasteiger partial charge >= 0.3 is 5.97 Å². The van der Waals surface area contributed by atoms with Crippen LogP contribution in [0.5, 0.6) is 0 Å². The highest BCUT2D eigenvalue weighted by molar-refractivity contribution is 5.89. The van der Waals surface area contributed by atoms with E-state index in [-0.39, 0.29) is 5.97 Å². The molecule has 2 heteroatoms. The maximum atomic E-state index is 11.8. The Hall–Kier alpha value is -1.57. The van der Waals surface area contributed by atoms with E-state index in [0.717, 1.165) is 5.56 Å². The van der Waals surface area contributed by atoms with E-state index < -0.39 is 0 Å². The number of carbonyl (C=O) groups excluding carboxylic acids is 1. The van der Waals surface area contributed by atoms with E-state index in [1.165, 1.54) is 25.7 Å². The van der Waals surface area contributed by atoms with Crippen molar-refractivity contribution in [2.24, 2.45) is 5.92 Å². The van der Waals surface area contributed by atoms with E-state index in [1.54, 1.807) is 18.2 Å². The van der Waals surface area contributed by atoms with E-state index in [0.29, 0.717) is 18.1 Å². The molecule has 0 unspecified atom stereocenters. The smallest absolute Gasteiger partial charge is 0.338 e. The minimum atomic E-state index is -0.215. The molecule has 1 aliphatic carbocycles. The van der Waals surface area contributed by atoms with Crippen molar-refractivity contribution in [2.75, 3.05) is 6.61 Å². The number of benzene rings is 1. The summed E-state index contributed by atoms with van der Waals surface area (Å²) in [7, 11) is 0. The van der Waals surface area contributed by atoms with Crippen LogP contribution in [0.3, 0.4) is 0 Å². The first-order valence-corrected chi connectivity index (χ1v) is 6.19. The topological polar surface area (TPSA) is 26.3 Å². The Labute approximate surface area is 102 Å². The van der Waals surface area contributed by atoms with E-state index in [4.69, 9.17) is 4.74 Å². The van der Waals surface area contributed by atoms with Gasteiger partial charge in [-0.15, -0.1) is 0 Å². The predicted molar refractivity (Wildman–Crippen MR) is 68.8 cm³/mol. The van der Waals surface area contributed by atoms with Gasteiger partial charge in [-0.3, -0.25) is 0 Å². The maximum absolute atomic E-state index is 11.8. The summed E-state index contributed by atoms with van der Waals surface area (Å²) in [5.41, 5.74) is 1.63. The molecule has 1 saturated carbocycles. The second-order valence-corrected chi connectivity index (χ2v) is 4.58. The minimum absolute atomic E-state index is 0.215. The fourth-order valence-electron chi connectivity index (χ4n) is 2.21. The van der Waals surface area contributed by atoms with Crippen LogP contribution in [0.25, 0.3) is 6.08 Å². The molecule has 1 aliphatic rings. The number of carbonyl (C=O) groups is 1. The zero-order chi connectivity index (χ0) is 12.1. The van der Waals surface area contributed by atoms with Gasteiger partial charge in [0, 0.05) is 0 Å². The van der Waals surface area contributed by atoms with Gasteiger partial charge in [-0.05, 0) is 36.5 Å². The zero-order valence-corrected chi connectivity index (χ0v) is 10.0. The monoisotopic (exact) mass is 230 g/mol. The van der Waals surface area contributed by atoms with Crippen LogP contribution in [0.1, 0.15) is 41.6 Å². The highest BCUT2D eigenvalue weighted by Gasteiger charge is 2.17. The van der Waals surface area contributed by atoms with Crippen molar-refractivity contribution in [1.82, 2.24) is 0 Å². The van der Waals surface area contributed by atoms with Crippen molar-refractivity contribution in [1.29, 1.82) is 0 Å². The van der Waals surface area contributed by atoms with E-state index >= 15 is 0 Å². The Balaban J connectivity index is 1.87. The largest absolute Gasteiger partial charge is 0.462 e. The molecule has 2 rings (SSSR count). The van der Waals surface area contributed by atoms with E-state index in [2.05, 4.69) is 6.58 Å². The van der Waals surface area contributed by atoms with Crippen LogP contribution < -0.4 is 0 Å². The summed E-state index contributed by atoms with van der Waals surface area (Å²) in [6.07, 6.45) is 6.70. The molecule has 2 nitrogen and oxygen atoms in total. The summed E-state index contributed by atoms with van der Waals surface area (Å²) in [4.78, 5) is 11.8. The van der Waals surface area contributed by atoms with Crippen molar-refractivity contribution in [3.05, 3.63) is 42.0 Å². The molecular formula is C15H18O2. The lowest BCUT2D eigenvalue weighted by Gasteiger charge is -2.09. The molecule has 0 heterocycles. The average molecular weight is 230 g/mol. The minimum Gasteiger partial charge on any atom is -0.462 e. The van der Waals surface area contributed by atoms with Gasteiger partial charge in [0.1, 0.15) is 0 Å². The first-order chi connectivity index (χ1) is 8.29. The first kappa shape index (κ1) is 11.9. The number of hydrogen-bond acceptors (Lipinski definition) is 2. The molecule has 0 atom stereocenters. The van der Waals surface area contributed by atoms with Crippen LogP contribution >= 0.6 is 0 Å². The molecule has 1 aromatic carbocycles. The molecule has 0 radical (unpaired) electrons. The maximum Gasteiger partial charge on any atom is 0.338 e. The average Bonchev–Trinajstić information content (AvgIpc) is 2.89. The van der Waals surface area contributed by atoms with Gasteiger partial charge in [0.25, 0.3) is 0 Å². The molecule has 0 spiro atoms. The summed E-state index contributed by atoms with van der Waals surface area (Å²) in [6, 6.07) is 7.32. The zero-order valence-electron chi connectivity index (χ0n) is 10.0. The molecule has 0 aliphatic heterocycles. The van der Waals surface area contributed by atoms with Crippen LogP contribution in [-0.2, 0) is 4.74 Å². The normalized spacial score (nSPS) is 15.8. The van der Waals surface area contributed by atoms with Gasteiger partial charge in [-0.25, -0.2) is 4.79 Å². The van der Waals surface area contributed by atoms with Crippen molar-refractivity contribution in [3.63, 3.8) is 0 Å². The third-order valence-electron chi connectivity index (χ3n) is 3.31. The van der Waals surface area contributed by atoms with Crippen molar-refractivity contribution in [2.45, 2.75) is 25.7 Å². The van der Waals surface area contributed by atoms with Gasteiger partial charge < -0.3 is 4.74 Å². The Bertz CT molecular complexity index is 386. The van der Waals surface area contributed by atoms with Crippen molar-refractivity contribution >= 4 is 12.0 Å². The molecule has 17 heavy (non-hydrogen) atoms. The Morgan fingerprint density at radius 2 is 1.94 bits per heavy atom. The lowest BCUT2D eigenvalue weighted by molar-refractivity contribution is 0.0442. The van der Waals surface area contributed by atoms with Gasteiger partial charge in [-0.2, -0.15) is 0 Å². The molecule has 0 aromatic heterocycles. The predicted octanol–water partition coefficient (Wildman–Crippen LogP) is 3.68. The first-order valence-electron chi connectivity index (χ1n) is 6.19. The van der Waals surface area contributed by atoms with Crippen LogP contribution in [0, 0.1) is 5.92 Å². The van der Waals surface area contributed by atoms with Crippen LogP contribution in [0.2, 0.25) is 0 Å². The molecule has 0 amide bonds. The fourth-order valence-corrected chi connectivity index (χ4v) is 2.21. The van der Waals surface area contributed by atoms with Gasteiger partial charge in [0.2, 0.25) is 0 Å². The fraction of sp³-hybridized carbons (Fsp3) is 0.400. The summed E-state index contributed by atoms with van der Waals surface area (Å²) in [5.74, 6) is 0.360. The molecule has 90 valence electrons. The molecular weight excluding hydrogens is 212 g/mol. The summed E-state index contributed by atoms with van der Waals surface area (Å²) in [6.45, 7) is 4.25. The van der Waals surface area contributed by atoms with Gasteiger partial charge in [-0.1, -0.05) is 37.6 Å². The Kier molecular flexibility index (Phi) is 3.97. The van der Waals surface area contributed by atoms with Crippen molar-refractivity contribution < 1.29 is 9.53 Å². The standard InChI is InChI=1S/C15H18O2/c1-2-12-7-9-14(10-8-12)15(16)17-11-13-5-3-4-6-13/h2,7-10,13H,1,3-6,11H2. The van der Waals surface area contributed by atoms with Crippen LogP contribution in [0.15, 0.2) is 30.8 Å². The van der Waals surface area contributed by atoms with E-state index in [9.17, 15) is 4.79 Å². The van der Waals surface area contributed by atoms with Gasteiger partial charge in [0.15, 0.2) is 0 Å². The second-order valence-electron chi connectivity index (χ2n) is 4.58. The second kappa shape index (κ2) is 5.67. The van der Waals surface area contributed by atoms with Gasteiger partial charge in [0.05, 0.1) is 12.2 Å². The Morgan fingerprint density at radius 1 is 1.29 bits per heavy atom. The third-order valence-corrected chi connectivity index (χ3v) is 3.31. The number of esters is 1. The molecule has 0 bridgehead atoms. The van der Waals surface area contributed by atoms with Crippen LogP contribution in [0.4, 0.5) is 0 Å². The lowest BCUT2D eigenvalue weighted by atomic mass is 10.1. The highest BCUT2D eigenvalue weighted by Crippen LogP contribution is 2.25. The van der Waals surface area contributed by atoms with Crippen molar-refractivity contribution in [3.8, 4) is 0 Å². The number of hydrogen-bond donors (Lipinski definition) is 0. The van der Waals surface area contributed by atoms with Crippen LogP contribution in [-0.4, -0.2) is 12.6 Å². The third kappa shape index (κ3) is 3.19. The summed E-state index contributed by atoms with van der Waals surface area (Å²) in [5, 5.41) is 0. The quantitative estimate of drug-likeness (QED) is 0.737. The highest BCUT2D eigenvalue weighted by atomic mass is 16.5. The molecule has 1 fully saturated rings. The molecule has 0 saturated heterocycles. The lowest BCUT2D eigenvalue weighted by Crippen LogP contribution is -2.11. The molecule has 1 aromatic rings. The summed E-state index contributed by atoms with van der Waals surface area (Å²) < 4.78 is 5.32.